The van der Waals surface area contributed by atoms with Crippen LogP contribution in [0.4, 0.5) is 0 Å². The summed E-state index contributed by atoms with van der Waals surface area (Å²) >= 11 is 3.41. The molecular formula is C14H21BrO2. The van der Waals surface area contributed by atoms with Crippen LogP contribution in [0.25, 0.3) is 0 Å². The third-order valence-corrected chi connectivity index (χ3v) is 3.54. The van der Waals surface area contributed by atoms with Crippen molar-refractivity contribution in [3.63, 3.8) is 0 Å². The van der Waals surface area contributed by atoms with Crippen molar-refractivity contribution < 1.29 is 9.84 Å². The number of rotatable bonds is 6. The van der Waals surface area contributed by atoms with Crippen molar-refractivity contribution in [2.75, 3.05) is 6.61 Å². The van der Waals surface area contributed by atoms with Crippen LogP contribution >= 0.6 is 15.9 Å². The second-order valence-corrected chi connectivity index (χ2v) is 5.27. The van der Waals surface area contributed by atoms with Gasteiger partial charge in [0.05, 0.1) is 12.7 Å². The molecule has 3 heteroatoms. The molecule has 0 aliphatic carbocycles. The van der Waals surface area contributed by atoms with Crippen LogP contribution in [0.3, 0.4) is 0 Å². The Balaban J connectivity index is 2.76. The van der Waals surface area contributed by atoms with Gasteiger partial charge in [0.25, 0.3) is 0 Å². The van der Waals surface area contributed by atoms with Crippen molar-refractivity contribution in [1.82, 2.24) is 0 Å². The molecule has 0 spiro atoms. The zero-order chi connectivity index (χ0) is 12.8. The minimum absolute atomic E-state index is 0.510. The predicted molar refractivity (Wildman–Crippen MR) is 74.3 cm³/mol. The van der Waals surface area contributed by atoms with Gasteiger partial charge in [0.1, 0.15) is 5.75 Å². The minimum atomic E-state index is -0.510. The molecule has 0 saturated heterocycles. The van der Waals surface area contributed by atoms with Crippen LogP contribution in [0.15, 0.2) is 22.7 Å². The molecule has 96 valence electrons. The molecule has 17 heavy (non-hydrogen) atoms. The Hall–Kier alpha value is -0.540. The first-order chi connectivity index (χ1) is 8.08. The van der Waals surface area contributed by atoms with E-state index in [4.69, 9.17) is 4.74 Å². The monoisotopic (exact) mass is 300 g/mol. The third-order valence-electron chi connectivity index (χ3n) is 3.05. The molecule has 0 heterocycles. The fourth-order valence-electron chi connectivity index (χ4n) is 1.71. The highest BCUT2D eigenvalue weighted by atomic mass is 79.9. The van der Waals surface area contributed by atoms with Crippen LogP contribution in [0.5, 0.6) is 5.75 Å². The van der Waals surface area contributed by atoms with Gasteiger partial charge in [-0.2, -0.15) is 0 Å². The maximum atomic E-state index is 9.71. The second-order valence-electron chi connectivity index (χ2n) is 4.35. The van der Waals surface area contributed by atoms with Crippen molar-refractivity contribution in [2.24, 2.45) is 5.92 Å². The lowest BCUT2D eigenvalue weighted by Gasteiger charge is -2.17. The molecule has 1 rings (SSSR count). The smallest absolute Gasteiger partial charge is 0.125 e. The topological polar surface area (TPSA) is 29.5 Å². The van der Waals surface area contributed by atoms with E-state index >= 15 is 0 Å². The molecule has 2 nitrogen and oxygen atoms in total. The summed E-state index contributed by atoms with van der Waals surface area (Å²) in [5, 5.41) is 9.71. The summed E-state index contributed by atoms with van der Waals surface area (Å²) in [5.74, 6) is 1.37. The van der Waals surface area contributed by atoms with Gasteiger partial charge >= 0.3 is 0 Å². The zero-order valence-corrected chi connectivity index (χ0v) is 12.3. The molecule has 0 aliphatic rings. The lowest BCUT2D eigenvalue weighted by Crippen LogP contribution is -2.11. The van der Waals surface area contributed by atoms with Gasteiger partial charge in [-0.3, -0.25) is 0 Å². The Morgan fingerprint density at radius 2 is 1.94 bits per heavy atom. The number of benzene rings is 1. The normalized spacial score (nSPS) is 12.8. The first-order valence-electron chi connectivity index (χ1n) is 6.18. The molecule has 0 unspecified atom stereocenters. The second kappa shape index (κ2) is 7.02. The Morgan fingerprint density at radius 1 is 1.29 bits per heavy atom. The summed E-state index contributed by atoms with van der Waals surface area (Å²) < 4.78 is 6.78. The van der Waals surface area contributed by atoms with E-state index in [1.54, 1.807) is 6.92 Å². The number of hydrogen-bond donors (Lipinski definition) is 1. The SMILES string of the molecule is CCC(CC)COc1ccc(Br)cc1[C@@H](C)O. The first kappa shape index (κ1) is 14.5. The van der Waals surface area contributed by atoms with Gasteiger partial charge in [-0.1, -0.05) is 42.6 Å². The van der Waals surface area contributed by atoms with E-state index in [0.717, 1.165) is 28.6 Å². The Kier molecular flexibility index (Phi) is 6.00. The maximum Gasteiger partial charge on any atom is 0.125 e. The number of aliphatic hydroxyl groups is 1. The molecule has 0 radical (unpaired) electrons. The third kappa shape index (κ3) is 4.32. The van der Waals surface area contributed by atoms with E-state index in [0.29, 0.717) is 12.5 Å². The van der Waals surface area contributed by atoms with E-state index in [1.165, 1.54) is 0 Å². The number of halogens is 1. The van der Waals surface area contributed by atoms with E-state index in [2.05, 4.69) is 29.8 Å². The van der Waals surface area contributed by atoms with Gasteiger partial charge in [0, 0.05) is 10.0 Å². The van der Waals surface area contributed by atoms with Crippen LogP contribution < -0.4 is 4.74 Å². The maximum absolute atomic E-state index is 9.71. The molecule has 0 fully saturated rings. The molecular weight excluding hydrogens is 280 g/mol. The van der Waals surface area contributed by atoms with Crippen molar-refractivity contribution in [3.8, 4) is 5.75 Å². The van der Waals surface area contributed by atoms with Crippen LogP contribution in [-0.4, -0.2) is 11.7 Å². The highest BCUT2D eigenvalue weighted by molar-refractivity contribution is 9.10. The van der Waals surface area contributed by atoms with Gasteiger partial charge in [-0.15, -0.1) is 0 Å². The quantitative estimate of drug-likeness (QED) is 0.848. The lowest BCUT2D eigenvalue weighted by molar-refractivity contribution is 0.184. The molecule has 0 aromatic heterocycles. The van der Waals surface area contributed by atoms with Crippen LogP contribution in [0.2, 0.25) is 0 Å². The van der Waals surface area contributed by atoms with Gasteiger partial charge < -0.3 is 9.84 Å². The largest absolute Gasteiger partial charge is 0.493 e. The van der Waals surface area contributed by atoms with Crippen molar-refractivity contribution in [2.45, 2.75) is 39.7 Å². The van der Waals surface area contributed by atoms with Crippen molar-refractivity contribution in [3.05, 3.63) is 28.2 Å². The summed E-state index contributed by atoms with van der Waals surface area (Å²) in [6.07, 6.45) is 1.73. The number of aliphatic hydroxyl groups excluding tert-OH is 1. The van der Waals surface area contributed by atoms with Crippen molar-refractivity contribution in [1.29, 1.82) is 0 Å². The van der Waals surface area contributed by atoms with E-state index in [-0.39, 0.29) is 0 Å². The summed E-state index contributed by atoms with van der Waals surface area (Å²) in [5.41, 5.74) is 0.838. The van der Waals surface area contributed by atoms with Gasteiger partial charge in [-0.05, 0) is 31.0 Å². The molecule has 0 amide bonds. The molecule has 0 bridgehead atoms. The van der Waals surface area contributed by atoms with Crippen molar-refractivity contribution >= 4 is 15.9 Å². The molecule has 1 aromatic carbocycles. The fourth-order valence-corrected chi connectivity index (χ4v) is 2.09. The highest BCUT2D eigenvalue weighted by Gasteiger charge is 2.11. The number of hydrogen-bond acceptors (Lipinski definition) is 2. The highest BCUT2D eigenvalue weighted by Crippen LogP contribution is 2.29. The van der Waals surface area contributed by atoms with E-state index in [9.17, 15) is 5.11 Å². The zero-order valence-electron chi connectivity index (χ0n) is 10.7. The summed E-state index contributed by atoms with van der Waals surface area (Å²) in [6, 6.07) is 5.76. The fraction of sp³-hybridized carbons (Fsp3) is 0.571. The van der Waals surface area contributed by atoms with Crippen LogP contribution in [0, 0.1) is 5.92 Å². The predicted octanol–water partition coefficient (Wildman–Crippen LogP) is 4.32. The Morgan fingerprint density at radius 3 is 2.47 bits per heavy atom. The Bertz CT molecular complexity index is 346. The minimum Gasteiger partial charge on any atom is -0.493 e. The number of ether oxygens (including phenoxy) is 1. The molecule has 1 atom stereocenters. The first-order valence-corrected chi connectivity index (χ1v) is 6.98. The van der Waals surface area contributed by atoms with Crippen LogP contribution in [-0.2, 0) is 0 Å². The molecule has 1 N–H and O–H groups in total. The van der Waals surface area contributed by atoms with Gasteiger partial charge in [0.2, 0.25) is 0 Å². The van der Waals surface area contributed by atoms with E-state index in [1.807, 2.05) is 18.2 Å². The van der Waals surface area contributed by atoms with Crippen LogP contribution in [0.1, 0.15) is 45.3 Å². The Labute approximate surface area is 112 Å². The lowest BCUT2D eigenvalue weighted by atomic mass is 10.1. The average molecular weight is 301 g/mol. The van der Waals surface area contributed by atoms with Gasteiger partial charge in [0.15, 0.2) is 0 Å². The summed E-state index contributed by atoms with van der Waals surface area (Å²) in [4.78, 5) is 0. The molecule has 0 aliphatic heterocycles. The summed E-state index contributed by atoms with van der Waals surface area (Å²) in [7, 11) is 0. The van der Waals surface area contributed by atoms with Gasteiger partial charge in [-0.25, -0.2) is 0 Å². The summed E-state index contributed by atoms with van der Waals surface area (Å²) in [6.45, 7) is 6.82. The van der Waals surface area contributed by atoms with E-state index < -0.39 is 6.10 Å². The average Bonchev–Trinajstić information content (AvgIpc) is 2.31. The standard InChI is InChI=1S/C14H21BrO2/c1-4-11(5-2)9-17-14-7-6-12(15)8-13(14)10(3)16/h6-8,10-11,16H,4-5,9H2,1-3H3/t10-/m1/s1. The molecule has 0 saturated carbocycles. The molecule has 1 aromatic rings.